The molecule has 10 heteroatoms. The van der Waals surface area contributed by atoms with Gasteiger partial charge in [0.15, 0.2) is 0 Å². The number of imidazole rings is 1. The number of nitrogens with zero attached hydrogens (tertiary/aromatic N) is 5. The molecule has 0 saturated carbocycles. The van der Waals surface area contributed by atoms with Crippen LogP contribution in [0.1, 0.15) is 20.7 Å². The number of carboxylic acids is 2. The molecular formula is C15H9AuN5O4-2. The number of benzene rings is 2. The minimum absolute atomic E-state index is 0. The summed E-state index contributed by atoms with van der Waals surface area (Å²) >= 11 is 0. The van der Waals surface area contributed by atoms with Gasteiger partial charge in [0.2, 0.25) is 0 Å². The van der Waals surface area contributed by atoms with E-state index in [1.54, 1.807) is 12.1 Å². The first-order valence-electron chi connectivity index (χ1n) is 6.64. The topological polar surface area (TPSA) is 141 Å². The third-order valence-corrected chi connectivity index (χ3v) is 3.14. The summed E-state index contributed by atoms with van der Waals surface area (Å²) in [6.07, 6.45) is 1.41. The molecule has 0 aliphatic carbocycles. The van der Waals surface area contributed by atoms with Gasteiger partial charge in [-0.15, -0.1) is 0 Å². The molecule has 0 unspecified atom stereocenters. The molecule has 2 aromatic heterocycles. The smallest absolute Gasteiger partial charge is 0.335 e. The van der Waals surface area contributed by atoms with Crippen LogP contribution in [-0.4, -0.2) is 37.4 Å². The minimum Gasteiger partial charge on any atom is -0.478 e. The molecule has 2 heterocycles. The van der Waals surface area contributed by atoms with Crippen molar-refractivity contribution in [2.45, 2.75) is 0 Å². The number of rotatable bonds is 2. The summed E-state index contributed by atoms with van der Waals surface area (Å²) in [5.74, 6) is -1.92. The summed E-state index contributed by atoms with van der Waals surface area (Å²) in [6, 6.07) is 9.16. The molecule has 9 nitrogen and oxygen atoms in total. The first-order valence-corrected chi connectivity index (χ1v) is 6.64. The Labute approximate surface area is 155 Å². The summed E-state index contributed by atoms with van der Waals surface area (Å²) in [4.78, 5) is 28.8. The van der Waals surface area contributed by atoms with Crippen LogP contribution in [0.3, 0.4) is 0 Å². The van der Waals surface area contributed by atoms with Crippen molar-refractivity contribution in [3.63, 3.8) is 0 Å². The minimum atomic E-state index is -0.972. The average Bonchev–Trinajstić information content (AvgIpc) is 3.22. The molecular weight excluding hydrogens is 511 g/mol. The number of fused-ring (bicyclic) bond motifs is 2. The fraction of sp³-hybridized carbons (Fsp3) is 0. The van der Waals surface area contributed by atoms with Crippen molar-refractivity contribution in [1.82, 2.24) is 25.4 Å². The van der Waals surface area contributed by atoms with Gasteiger partial charge in [-0.3, -0.25) is 5.21 Å². The zero-order chi connectivity index (χ0) is 17.1. The van der Waals surface area contributed by atoms with E-state index in [0.717, 1.165) is 5.52 Å². The van der Waals surface area contributed by atoms with Crippen LogP contribution in [0.5, 0.6) is 0 Å². The number of hydrogen-bond donors (Lipinski definition) is 2. The van der Waals surface area contributed by atoms with Crippen LogP contribution in [0, 0.1) is 0 Å². The normalized spacial score (nSPS) is 9.92. The predicted molar refractivity (Wildman–Crippen MR) is 81.8 cm³/mol. The number of carboxylic acid groups (broad SMARTS) is 2. The maximum Gasteiger partial charge on any atom is 0.335 e. The van der Waals surface area contributed by atoms with Gasteiger partial charge < -0.3 is 30.4 Å². The van der Waals surface area contributed by atoms with Crippen molar-refractivity contribution in [2.75, 3.05) is 0 Å². The van der Waals surface area contributed by atoms with Crippen LogP contribution >= 0.6 is 0 Å². The largest absolute Gasteiger partial charge is 0.478 e. The second kappa shape index (κ2) is 7.71. The van der Waals surface area contributed by atoms with Crippen molar-refractivity contribution < 1.29 is 42.2 Å². The van der Waals surface area contributed by atoms with E-state index in [9.17, 15) is 9.59 Å². The summed E-state index contributed by atoms with van der Waals surface area (Å²) in [5, 5.41) is 28.0. The molecule has 0 spiro atoms. The monoisotopic (exact) mass is 520 g/mol. The van der Waals surface area contributed by atoms with Gasteiger partial charge in [0.1, 0.15) is 0 Å². The van der Waals surface area contributed by atoms with Gasteiger partial charge in [-0.05, 0) is 46.3 Å². The summed E-state index contributed by atoms with van der Waals surface area (Å²) in [7, 11) is 0. The maximum absolute atomic E-state index is 10.5. The second-order valence-corrected chi connectivity index (χ2v) is 4.68. The molecule has 4 rings (SSSR count). The van der Waals surface area contributed by atoms with Gasteiger partial charge in [0.05, 0.1) is 11.1 Å². The van der Waals surface area contributed by atoms with E-state index in [2.05, 4.69) is 25.4 Å². The molecule has 131 valence electrons. The van der Waals surface area contributed by atoms with Gasteiger partial charge in [0.25, 0.3) is 0 Å². The molecule has 0 aliphatic heterocycles. The Hall–Kier alpha value is -3.01. The third-order valence-electron chi connectivity index (χ3n) is 3.14. The SMILES string of the molecule is O=C(O)c1ccc2nc[n-]c2c1.O=C(O)c1ccc2nn[n-]c2c1.[Au]. The number of aromatic nitrogens is 5. The predicted octanol–water partition coefficient (Wildman–Crippen LogP) is 1.17. The zero-order valence-corrected chi connectivity index (χ0v) is 14.5. The number of aromatic carboxylic acids is 2. The molecule has 0 bridgehead atoms. The van der Waals surface area contributed by atoms with Gasteiger partial charge in [0, 0.05) is 22.4 Å². The summed E-state index contributed by atoms with van der Waals surface area (Å²) in [6.45, 7) is 0. The van der Waals surface area contributed by atoms with Crippen molar-refractivity contribution in [2.24, 2.45) is 0 Å². The van der Waals surface area contributed by atoms with E-state index < -0.39 is 11.9 Å². The van der Waals surface area contributed by atoms with Crippen LogP contribution in [0.4, 0.5) is 0 Å². The average molecular weight is 520 g/mol. The Morgan fingerprint density at radius 3 is 2.12 bits per heavy atom. The summed E-state index contributed by atoms with van der Waals surface area (Å²) < 4.78 is 0. The van der Waals surface area contributed by atoms with E-state index >= 15 is 0 Å². The van der Waals surface area contributed by atoms with E-state index in [-0.39, 0.29) is 33.5 Å². The Kier molecular flexibility index (Phi) is 5.65. The quantitative estimate of drug-likeness (QED) is 0.373. The van der Waals surface area contributed by atoms with E-state index in [0.29, 0.717) is 16.6 Å². The van der Waals surface area contributed by atoms with Crippen LogP contribution in [0.25, 0.3) is 22.1 Å². The second-order valence-electron chi connectivity index (χ2n) is 4.68. The van der Waals surface area contributed by atoms with Crippen LogP contribution in [0.15, 0.2) is 42.7 Å². The molecule has 0 aliphatic rings. The Morgan fingerprint density at radius 1 is 0.880 bits per heavy atom. The molecule has 25 heavy (non-hydrogen) atoms. The molecule has 0 amide bonds. The molecule has 0 atom stereocenters. The van der Waals surface area contributed by atoms with E-state index in [1.165, 1.54) is 30.6 Å². The molecule has 2 N–H and O–H groups in total. The Balaban J connectivity index is 0.000000173. The first kappa shape index (κ1) is 18.3. The van der Waals surface area contributed by atoms with Gasteiger partial charge >= 0.3 is 11.9 Å². The van der Waals surface area contributed by atoms with E-state index in [4.69, 9.17) is 10.2 Å². The number of carbonyl (C=O) groups is 2. The maximum atomic E-state index is 10.5. The number of hydrogen-bond acceptors (Lipinski definition) is 5. The molecule has 4 aromatic rings. The Morgan fingerprint density at radius 2 is 1.48 bits per heavy atom. The third kappa shape index (κ3) is 4.10. The molecule has 0 saturated heterocycles. The standard InChI is InChI=1S/C8H6N2O2.C7H5N3O2.Au/c11-8(12)5-1-2-6-7(3-5)10-4-9-6;11-7(12)4-1-2-5-6(3-4)9-10-8-5;/h1-4H,(H2,9,10,11,12);1-3H,(H2,8,9,10,11,12);/p-2. The van der Waals surface area contributed by atoms with Crippen molar-refractivity contribution in [1.29, 1.82) is 0 Å². The van der Waals surface area contributed by atoms with Gasteiger partial charge in [-0.25, -0.2) is 9.59 Å². The van der Waals surface area contributed by atoms with Crippen molar-refractivity contribution in [3.05, 3.63) is 53.9 Å². The van der Waals surface area contributed by atoms with Gasteiger partial charge in [-0.2, -0.15) is 0 Å². The molecule has 2 aromatic carbocycles. The van der Waals surface area contributed by atoms with Crippen molar-refractivity contribution in [3.8, 4) is 0 Å². The van der Waals surface area contributed by atoms with Crippen LogP contribution in [-0.2, 0) is 22.4 Å². The van der Waals surface area contributed by atoms with E-state index in [1.807, 2.05) is 0 Å². The first-order chi connectivity index (χ1) is 11.5. The molecule has 0 fully saturated rings. The fourth-order valence-electron chi connectivity index (χ4n) is 1.96. The van der Waals surface area contributed by atoms with Crippen LogP contribution < -0.4 is 10.1 Å². The zero-order valence-electron chi connectivity index (χ0n) is 12.3. The van der Waals surface area contributed by atoms with Crippen LogP contribution in [0.2, 0.25) is 0 Å². The summed E-state index contributed by atoms with van der Waals surface area (Å²) in [5.41, 5.74) is 2.90. The fourth-order valence-corrected chi connectivity index (χ4v) is 1.96. The molecule has 1 radical (unpaired) electrons. The van der Waals surface area contributed by atoms with Crippen molar-refractivity contribution >= 4 is 34.0 Å². The Bertz CT molecular complexity index is 958. The van der Waals surface area contributed by atoms with Gasteiger partial charge in [-0.1, -0.05) is 18.5 Å².